The van der Waals surface area contributed by atoms with Gasteiger partial charge in [0.2, 0.25) is 0 Å². The number of rotatable bonds is 8. The first kappa shape index (κ1) is 22.4. The highest BCUT2D eigenvalue weighted by Crippen LogP contribution is 2.27. The predicted molar refractivity (Wildman–Crippen MR) is 121 cm³/mol. The first-order chi connectivity index (χ1) is 15.5. The van der Waals surface area contributed by atoms with Crippen LogP contribution in [0.15, 0.2) is 71.8 Å². The van der Waals surface area contributed by atoms with E-state index in [1.807, 2.05) is 31.2 Å². The fourth-order valence-corrected chi connectivity index (χ4v) is 2.75. The van der Waals surface area contributed by atoms with Crippen molar-refractivity contribution in [3.8, 4) is 17.2 Å². The molecule has 0 heterocycles. The molecule has 0 spiro atoms. The van der Waals surface area contributed by atoms with Gasteiger partial charge in [0.1, 0.15) is 5.75 Å². The summed E-state index contributed by atoms with van der Waals surface area (Å²) in [6, 6.07) is 18.6. The number of para-hydroxylation sites is 1. The third kappa shape index (κ3) is 6.09. The maximum atomic E-state index is 12.1. The van der Waals surface area contributed by atoms with Crippen LogP contribution < -0.4 is 20.2 Å². The molecule has 3 N–H and O–H groups in total. The van der Waals surface area contributed by atoms with E-state index in [-0.39, 0.29) is 23.8 Å². The summed E-state index contributed by atoms with van der Waals surface area (Å²) in [5.74, 6) is -0.167. The maximum Gasteiger partial charge on any atom is 0.275 e. The summed E-state index contributed by atoms with van der Waals surface area (Å²) in [6.45, 7) is 1.78. The van der Waals surface area contributed by atoms with Gasteiger partial charge in [0.15, 0.2) is 18.1 Å². The van der Waals surface area contributed by atoms with E-state index in [9.17, 15) is 14.7 Å². The first-order valence-corrected chi connectivity index (χ1v) is 9.75. The molecule has 0 unspecified atom stereocenters. The van der Waals surface area contributed by atoms with Crippen molar-refractivity contribution in [3.05, 3.63) is 83.4 Å². The fraction of sp³-hybridized carbons (Fsp3) is 0.125. The molecule has 2 amide bonds. The Labute approximate surface area is 185 Å². The summed E-state index contributed by atoms with van der Waals surface area (Å²) in [7, 11) is 1.48. The number of aryl methyl sites for hydroxylation is 1. The monoisotopic (exact) mass is 433 g/mol. The molecule has 0 saturated carbocycles. The summed E-state index contributed by atoms with van der Waals surface area (Å²) in [4.78, 5) is 24.2. The molecule has 0 aliphatic rings. The Bertz CT molecular complexity index is 1130. The summed E-state index contributed by atoms with van der Waals surface area (Å²) in [6.07, 6.45) is 1.42. The van der Waals surface area contributed by atoms with E-state index in [0.717, 1.165) is 5.56 Å². The van der Waals surface area contributed by atoms with Gasteiger partial charge in [-0.15, -0.1) is 0 Å². The number of phenolic OH excluding ortho intramolecular Hbond substituents is 1. The highest BCUT2D eigenvalue weighted by molar-refractivity contribution is 5.97. The lowest BCUT2D eigenvalue weighted by atomic mass is 10.2. The summed E-state index contributed by atoms with van der Waals surface area (Å²) < 4.78 is 10.9. The lowest BCUT2D eigenvalue weighted by Crippen LogP contribution is -2.20. The van der Waals surface area contributed by atoms with Crippen LogP contribution in [0.4, 0.5) is 5.69 Å². The number of hydrogen-bond acceptors (Lipinski definition) is 6. The first-order valence-electron chi connectivity index (χ1n) is 9.75. The zero-order chi connectivity index (χ0) is 22.9. The second-order valence-corrected chi connectivity index (χ2v) is 6.83. The Morgan fingerprint density at radius 1 is 1.03 bits per heavy atom. The van der Waals surface area contributed by atoms with Crippen molar-refractivity contribution in [2.24, 2.45) is 5.10 Å². The molecule has 0 bridgehead atoms. The molecule has 3 aromatic rings. The molecular weight excluding hydrogens is 410 g/mol. The van der Waals surface area contributed by atoms with Gasteiger partial charge in [-0.2, -0.15) is 5.10 Å². The third-order valence-corrected chi connectivity index (χ3v) is 4.41. The van der Waals surface area contributed by atoms with Gasteiger partial charge in [0.05, 0.1) is 18.9 Å². The van der Waals surface area contributed by atoms with Gasteiger partial charge < -0.3 is 19.9 Å². The number of aromatic hydroxyl groups is 1. The van der Waals surface area contributed by atoms with Crippen molar-refractivity contribution in [2.75, 3.05) is 19.0 Å². The maximum absolute atomic E-state index is 12.1. The van der Waals surface area contributed by atoms with Crippen LogP contribution in [0.25, 0.3) is 0 Å². The van der Waals surface area contributed by atoms with E-state index in [1.165, 1.54) is 25.5 Å². The molecule has 8 nitrogen and oxygen atoms in total. The molecule has 0 radical (unpaired) electrons. The number of carbonyl (C=O) groups excluding carboxylic acids is 2. The Kier molecular flexibility index (Phi) is 7.42. The highest BCUT2D eigenvalue weighted by atomic mass is 16.5. The second kappa shape index (κ2) is 10.6. The zero-order valence-electron chi connectivity index (χ0n) is 17.7. The molecule has 164 valence electrons. The van der Waals surface area contributed by atoms with Gasteiger partial charge in [-0.1, -0.05) is 29.8 Å². The third-order valence-electron chi connectivity index (χ3n) is 4.41. The summed E-state index contributed by atoms with van der Waals surface area (Å²) >= 11 is 0. The second-order valence-electron chi connectivity index (χ2n) is 6.83. The van der Waals surface area contributed by atoms with Crippen LogP contribution in [0, 0.1) is 6.92 Å². The number of hydrazone groups is 1. The van der Waals surface area contributed by atoms with Gasteiger partial charge in [-0.25, -0.2) is 5.43 Å². The molecule has 0 saturated heterocycles. The summed E-state index contributed by atoms with van der Waals surface area (Å²) in [5.41, 5.74) is 4.90. The number of methoxy groups -OCH3 is 1. The molecule has 8 heteroatoms. The minimum Gasteiger partial charge on any atom is -0.507 e. The van der Waals surface area contributed by atoms with E-state index in [2.05, 4.69) is 15.8 Å². The number of hydrogen-bond donors (Lipinski definition) is 3. The molecule has 32 heavy (non-hydrogen) atoms. The molecule has 0 atom stereocenters. The molecule has 0 aliphatic heterocycles. The zero-order valence-corrected chi connectivity index (χ0v) is 17.7. The Hall–Kier alpha value is -4.33. The van der Waals surface area contributed by atoms with Crippen molar-refractivity contribution in [1.29, 1.82) is 0 Å². The average molecular weight is 433 g/mol. The Balaban J connectivity index is 1.57. The van der Waals surface area contributed by atoms with Gasteiger partial charge >= 0.3 is 0 Å². The smallest absolute Gasteiger partial charge is 0.275 e. The number of anilines is 1. The van der Waals surface area contributed by atoms with E-state index >= 15 is 0 Å². The van der Waals surface area contributed by atoms with E-state index < -0.39 is 5.91 Å². The number of phenols is 1. The SMILES string of the molecule is COc1cc(/C=N\NC(=O)c2ccccc2O)ccc1OCC(=O)Nc1ccc(C)cc1. The van der Waals surface area contributed by atoms with E-state index in [1.54, 1.807) is 30.3 Å². The van der Waals surface area contributed by atoms with Crippen molar-refractivity contribution in [2.45, 2.75) is 6.92 Å². The number of ether oxygens (including phenoxy) is 2. The van der Waals surface area contributed by atoms with E-state index in [0.29, 0.717) is 22.7 Å². The number of nitrogens with zero attached hydrogens (tertiary/aromatic N) is 1. The number of carbonyl (C=O) groups is 2. The number of amides is 2. The van der Waals surface area contributed by atoms with Crippen LogP contribution in [-0.4, -0.2) is 36.9 Å². The normalized spacial score (nSPS) is 10.6. The minimum atomic E-state index is -0.536. The van der Waals surface area contributed by atoms with Crippen LogP contribution in [0.3, 0.4) is 0 Å². The fourth-order valence-electron chi connectivity index (χ4n) is 2.75. The van der Waals surface area contributed by atoms with E-state index in [4.69, 9.17) is 9.47 Å². The van der Waals surface area contributed by atoms with Crippen molar-refractivity contribution < 1.29 is 24.2 Å². The minimum absolute atomic E-state index is 0.120. The summed E-state index contributed by atoms with van der Waals surface area (Å²) in [5, 5.41) is 16.4. The van der Waals surface area contributed by atoms with Crippen molar-refractivity contribution in [1.82, 2.24) is 5.43 Å². The Morgan fingerprint density at radius 3 is 2.50 bits per heavy atom. The van der Waals surface area contributed by atoms with Gasteiger partial charge in [0, 0.05) is 5.69 Å². The number of nitrogens with one attached hydrogen (secondary N) is 2. The largest absolute Gasteiger partial charge is 0.507 e. The van der Waals surface area contributed by atoms with Gasteiger partial charge in [-0.3, -0.25) is 9.59 Å². The van der Waals surface area contributed by atoms with Crippen LogP contribution in [0.5, 0.6) is 17.2 Å². The quantitative estimate of drug-likeness (QED) is 0.372. The van der Waals surface area contributed by atoms with Crippen LogP contribution in [-0.2, 0) is 4.79 Å². The average Bonchev–Trinajstić information content (AvgIpc) is 2.79. The van der Waals surface area contributed by atoms with Gasteiger partial charge in [-0.05, 0) is 55.0 Å². The molecular formula is C24H23N3O5. The predicted octanol–water partition coefficient (Wildman–Crippen LogP) is 3.49. The van der Waals surface area contributed by atoms with Crippen LogP contribution in [0.2, 0.25) is 0 Å². The van der Waals surface area contributed by atoms with Crippen molar-refractivity contribution >= 4 is 23.7 Å². The number of benzene rings is 3. The van der Waals surface area contributed by atoms with Gasteiger partial charge in [0.25, 0.3) is 11.8 Å². The molecule has 0 aromatic heterocycles. The standard InChI is InChI=1S/C24H23N3O5/c1-16-7-10-18(11-8-16)26-23(29)15-32-21-12-9-17(13-22(21)31-2)14-25-27-24(30)19-5-3-4-6-20(19)28/h3-14,28H,15H2,1-2H3,(H,26,29)(H,27,30)/b25-14-. The van der Waals surface area contributed by atoms with Crippen LogP contribution >= 0.6 is 0 Å². The molecule has 3 rings (SSSR count). The topological polar surface area (TPSA) is 109 Å². The van der Waals surface area contributed by atoms with Crippen LogP contribution in [0.1, 0.15) is 21.5 Å². The Morgan fingerprint density at radius 2 is 1.78 bits per heavy atom. The van der Waals surface area contributed by atoms with Crippen molar-refractivity contribution in [3.63, 3.8) is 0 Å². The molecule has 0 fully saturated rings. The lowest BCUT2D eigenvalue weighted by molar-refractivity contribution is -0.118. The molecule has 0 aliphatic carbocycles. The lowest BCUT2D eigenvalue weighted by Gasteiger charge is -2.11. The molecule has 3 aromatic carbocycles. The highest BCUT2D eigenvalue weighted by Gasteiger charge is 2.10.